The van der Waals surface area contributed by atoms with Crippen LogP contribution in [0.4, 0.5) is 0 Å². The lowest BCUT2D eigenvalue weighted by molar-refractivity contribution is -0.143. The second-order valence-corrected chi connectivity index (χ2v) is 7.71. The molecule has 2 aliphatic carbocycles. The minimum atomic E-state index is -0.148. The van der Waals surface area contributed by atoms with Crippen LogP contribution in [0.2, 0.25) is 0 Å². The molecule has 2 saturated heterocycles. The number of carbonyl (C=O) groups excluding carboxylic acids is 1. The number of ether oxygens (including phenoxy) is 1. The van der Waals surface area contributed by atoms with E-state index in [1.807, 2.05) is 0 Å². The number of esters is 1. The van der Waals surface area contributed by atoms with Crippen molar-refractivity contribution in [2.24, 2.45) is 35.5 Å². The van der Waals surface area contributed by atoms with Crippen molar-refractivity contribution in [3.8, 4) is 0 Å². The molecule has 4 heteroatoms. The van der Waals surface area contributed by atoms with Crippen LogP contribution in [-0.2, 0) is 9.53 Å². The van der Waals surface area contributed by atoms with Crippen molar-refractivity contribution < 1.29 is 14.6 Å². The molecule has 0 aromatic carbocycles. The van der Waals surface area contributed by atoms with E-state index in [-0.39, 0.29) is 18.0 Å². The third-order valence-corrected chi connectivity index (χ3v) is 6.68. The van der Waals surface area contributed by atoms with Gasteiger partial charge in [-0.2, -0.15) is 0 Å². The van der Waals surface area contributed by atoms with E-state index in [0.717, 1.165) is 38.8 Å². The number of cyclic esters (lactones) is 1. The van der Waals surface area contributed by atoms with Crippen LogP contribution in [0.1, 0.15) is 38.5 Å². The van der Waals surface area contributed by atoms with Gasteiger partial charge in [-0.15, -0.1) is 0 Å². The Morgan fingerprint density at radius 1 is 1.10 bits per heavy atom. The summed E-state index contributed by atoms with van der Waals surface area (Å²) in [6.07, 6.45) is 6.35. The summed E-state index contributed by atoms with van der Waals surface area (Å²) >= 11 is 0. The Kier molecular flexibility index (Phi) is 3.70. The van der Waals surface area contributed by atoms with E-state index in [9.17, 15) is 9.90 Å². The van der Waals surface area contributed by atoms with E-state index in [1.165, 1.54) is 12.8 Å². The molecule has 0 amide bonds. The van der Waals surface area contributed by atoms with E-state index >= 15 is 0 Å². The standard InChI is InChI=1S/C17H27NO3/c19-12-3-4-13-11(6-12)7-14-15(9-21-17(14)20)16(13)10-2-1-5-18-8-10/h10-16,18-19H,1-9H2. The average molecular weight is 293 g/mol. The smallest absolute Gasteiger partial charge is 0.309 e. The van der Waals surface area contributed by atoms with Gasteiger partial charge in [0.05, 0.1) is 18.6 Å². The molecule has 4 nitrogen and oxygen atoms in total. The topological polar surface area (TPSA) is 58.6 Å². The fourth-order valence-corrected chi connectivity index (χ4v) is 5.82. The average Bonchev–Trinajstić information content (AvgIpc) is 2.87. The van der Waals surface area contributed by atoms with Crippen molar-refractivity contribution in [3.05, 3.63) is 0 Å². The van der Waals surface area contributed by atoms with Crippen molar-refractivity contribution in [2.75, 3.05) is 19.7 Å². The number of nitrogens with one attached hydrogen (secondary N) is 1. The first-order chi connectivity index (χ1) is 10.2. The highest BCUT2D eigenvalue weighted by molar-refractivity contribution is 5.75. The summed E-state index contributed by atoms with van der Waals surface area (Å²) in [5.41, 5.74) is 0. The number of aliphatic hydroxyl groups excluding tert-OH is 1. The first-order valence-electron chi connectivity index (χ1n) is 8.79. The zero-order valence-corrected chi connectivity index (χ0v) is 12.7. The number of hydrogen-bond acceptors (Lipinski definition) is 4. The van der Waals surface area contributed by atoms with E-state index in [0.29, 0.717) is 36.2 Å². The van der Waals surface area contributed by atoms with Gasteiger partial charge in [-0.05, 0) is 75.3 Å². The molecule has 7 atom stereocenters. The van der Waals surface area contributed by atoms with Crippen molar-refractivity contribution in [1.82, 2.24) is 5.32 Å². The van der Waals surface area contributed by atoms with Gasteiger partial charge in [-0.3, -0.25) is 4.79 Å². The molecule has 2 saturated carbocycles. The van der Waals surface area contributed by atoms with Crippen molar-refractivity contribution in [1.29, 1.82) is 0 Å². The molecule has 21 heavy (non-hydrogen) atoms. The van der Waals surface area contributed by atoms with E-state index in [2.05, 4.69) is 5.32 Å². The molecule has 2 heterocycles. The van der Waals surface area contributed by atoms with Gasteiger partial charge in [-0.1, -0.05) is 0 Å². The molecule has 0 aromatic rings. The second-order valence-electron chi connectivity index (χ2n) is 7.71. The van der Waals surface area contributed by atoms with Crippen LogP contribution in [0.3, 0.4) is 0 Å². The molecule has 0 aromatic heterocycles. The zero-order chi connectivity index (χ0) is 14.4. The lowest BCUT2D eigenvalue weighted by Gasteiger charge is -2.50. The molecule has 0 spiro atoms. The Labute approximate surface area is 126 Å². The van der Waals surface area contributed by atoms with Crippen LogP contribution in [0.5, 0.6) is 0 Å². The number of piperidine rings is 1. The van der Waals surface area contributed by atoms with Crippen LogP contribution >= 0.6 is 0 Å². The molecule has 4 aliphatic rings. The molecule has 118 valence electrons. The summed E-state index contributed by atoms with van der Waals surface area (Å²) in [6, 6.07) is 0. The number of carbonyl (C=O) groups is 1. The summed E-state index contributed by atoms with van der Waals surface area (Å²) in [5.74, 6) is 3.15. The molecular formula is C17H27NO3. The van der Waals surface area contributed by atoms with Crippen LogP contribution in [0.15, 0.2) is 0 Å². The zero-order valence-electron chi connectivity index (χ0n) is 12.7. The van der Waals surface area contributed by atoms with Crippen LogP contribution < -0.4 is 5.32 Å². The van der Waals surface area contributed by atoms with Gasteiger partial charge in [0.25, 0.3) is 0 Å². The predicted octanol–water partition coefficient (Wildman–Crippen LogP) is 1.57. The third-order valence-electron chi connectivity index (χ3n) is 6.68. The van der Waals surface area contributed by atoms with E-state index in [4.69, 9.17) is 4.74 Å². The summed E-state index contributed by atoms with van der Waals surface area (Å²) < 4.78 is 5.43. The first kappa shape index (κ1) is 14.0. The maximum atomic E-state index is 12.1. The SMILES string of the molecule is O=C1OCC2C1CC1CC(O)CCC1C2C1CCCNC1. The number of hydrogen-bond donors (Lipinski definition) is 2. The first-order valence-corrected chi connectivity index (χ1v) is 8.79. The van der Waals surface area contributed by atoms with Gasteiger partial charge in [0.1, 0.15) is 0 Å². The quantitative estimate of drug-likeness (QED) is 0.721. The molecule has 0 radical (unpaired) electrons. The number of fused-ring (bicyclic) bond motifs is 2. The molecular weight excluding hydrogens is 266 g/mol. The van der Waals surface area contributed by atoms with E-state index in [1.54, 1.807) is 0 Å². The normalized spacial score (nSPS) is 50.1. The fourth-order valence-electron chi connectivity index (χ4n) is 5.82. The minimum Gasteiger partial charge on any atom is -0.465 e. The lowest BCUT2D eigenvalue weighted by Crippen LogP contribution is -2.49. The van der Waals surface area contributed by atoms with Gasteiger partial charge < -0.3 is 15.2 Å². The number of aliphatic hydroxyl groups is 1. The van der Waals surface area contributed by atoms with Gasteiger partial charge in [0.2, 0.25) is 0 Å². The Morgan fingerprint density at radius 3 is 2.81 bits per heavy atom. The highest BCUT2D eigenvalue weighted by Crippen LogP contribution is 2.54. The summed E-state index contributed by atoms with van der Waals surface area (Å²) in [7, 11) is 0. The summed E-state index contributed by atoms with van der Waals surface area (Å²) in [6.45, 7) is 2.89. The van der Waals surface area contributed by atoms with Gasteiger partial charge in [-0.25, -0.2) is 0 Å². The molecule has 2 aliphatic heterocycles. The summed E-state index contributed by atoms with van der Waals surface area (Å²) in [4.78, 5) is 12.1. The van der Waals surface area contributed by atoms with Gasteiger partial charge in [0.15, 0.2) is 0 Å². The molecule has 4 rings (SSSR count). The Balaban J connectivity index is 1.61. The summed E-state index contributed by atoms with van der Waals surface area (Å²) in [5, 5.41) is 13.6. The van der Waals surface area contributed by atoms with Crippen molar-refractivity contribution in [3.63, 3.8) is 0 Å². The van der Waals surface area contributed by atoms with Crippen LogP contribution in [0, 0.1) is 35.5 Å². The monoisotopic (exact) mass is 293 g/mol. The molecule has 4 fully saturated rings. The molecule has 2 N–H and O–H groups in total. The van der Waals surface area contributed by atoms with Gasteiger partial charge >= 0.3 is 5.97 Å². The Hall–Kier alpha value is -0.610. The minimum absolute atomic E-state index is 0.0345. The van der Waals surface area contributed by atoms with Crippen molar-refractivity contribution >= 4 is 5.97 Å². The maximum absolute atomic E-state index is 12.1. The Morgan fingerprint density at radius 2 is 2.00 bits per heavy atom. The Bertz CT molecular complexity index is 407. The predicted molar refractivity (Wildman–Crippen MR) is 78.5 cm³/mol. The lowest BCUT2D eigenvalue weighted by atomic mass is 9.54. The largest absolute Gasteiger partial charge is 0.465 e. The highest BCUT2D eigenvalue weighted by Gasteiger charge is 2.54. The molecule has 7 unspecified atom stereocenters. The second kappa shape index (κ2) is 5.54. The maximum Gasteiger partial charge on any atom is 0.309 e. The van der Waals surface area contributed by atoms with E-state index < -0.39 is 0 Å². The van der Waals surface area contributed by atoms with Crippen LogP contribution in [-0.4, -0.2) is 36.9 Å². The highest BCUT2D eigenvalue weighted by atomic mass is 16.5. The van der Waals surface area contributed by atoms with Crippen molar-refractivity contribution in [2.45, 2.75) is 44.6 Å². The molecule has 0 bridgehead atoms. The third kappa shape index (κ3) is 2.40. The number of rotatable bonds is 1. The van der Waals surface area contributed by atoms with Gasteiger partial charge in [0, 0.05) is 5.92 Å². The van der Waals surface area contributed by atoms with Crippen LogP contribution in [0.25, 0.3) is 0 Å². The fraction of sp³-hybridized carbons (Fsp3) is 0.941.